The van der Waals surface area contributed by atoms with Crippen LogP contribution in [0.1, 0.15) is 43.1 Å². The molecule has 1 saturated heterocycles. The molecule has 1 N–H and O–H groups in total. The summed E-state index contributed by atoms with van der Waals surface area (Å²) in [6, 6.07) is 6.23. The van der Waals surface area contributed by atoms with E-state index in [1.807, 2.05) is 19.3 Å². The molecule has 0 radical (unpaired) electrons. The Morgan fingerprint density at radius 2 is 1.83 bits per heavy atom. The maximum Gasteiger partial charge on any atom is 0.127 e. The van der Waals surface area contributed by atoms with Gasteiger partial charge in [0.15, 0.2) is 0 Å². The molecule has 0 aliphatic carbocycles. The van der Waals surface area contributed by atoms with Crippen LogP contribution in [0.4, 0.5) is 4.39 Å². The monoisotopic (exact) mass is 329 g/mol. The van der Waals surface area contributed by atoms with Crippen LogP contribution in [0.2, 0.25) is 0 Å². The second-order valence-corrected chi connectivity index (χ2v) is 6.53. The Morgan fingerprint density at radius 1 is 1.12 bits per heavy atom. The summed E-state index contributed by atoms with van der Waals surface area (Å²) in [5, 5.41) is 11.0. The molecular formula is C19H24FN3O. The van der Waals surface area contributed by atoms with Gasteiger partial charge in [-0.15, -0.1) is 0 Å². The van der Waals surface area contributed by atoms with Gasteiger partial charge < -0.3 is 5.11 Å². The average molecular weight is 329 g/mol. The van der Waals surface area contributed by atoms with E-state index in [1.165, 1.54) is 12.1 Å². The number of aryl methyl sites for hydroxylation is 1. The Balaban J connectivity index is 1.64. The highest BCUT2D eigenvalue weighted by Gasteiger charge is 2.31. The number of hydrogen-bond acceptors (Lipinski definition) is 4. The normalized spacial score (nSPS) is 22.3. The van der Waals surface area contributed by atoms with E-state index in [-0.39, 0.29) is 5.82 Å². The van der Waals surface area contributed by atoms with Crippen molar-refractivity contribution in [2.75, 3.05) is 13.1 Å². The van der Waals surface area contributed by atoms with Gasteiger partial charge in [-0.25, -0.2) is 14.4 Å². The highest BCUT2D eigenvalue weighted by Crippen LogP contribution is 2.33. The summed E-state index contributed by atoms with van der Waals surface area (Å²) in [6.07, 6.45) is 6.87. The topological polar surface area (TPSA) is 49.2 Å². The number of aromatic nitrogens is 2. The molecule has 1 aliphatic heterocycles. The maximum absolute atomic E-state index is 13.1. The molecule has 4 nitrogen and oxygen atoms in total. The second-order valence-electron chi connectivity index (χ2n) is 6.53. The zero-order valence-electron chi connectivity index (χ0n) is 14.1. The zero-order chi connectivity index (χ0) is 17.0. The first-order valence-electron chi connectivity index (χ1n) is 8.59. The Bertz CT molecular complexity index is 659. The standard InChI is InChI=1S/C19H24FN3O/c1-2-18-21-12-15(13-22-18)14-23-10-3-8-19(24,9-11-23)16-4-6-17(20)7-5-16/h4-7,12-13,24H,2-3,8-11,14H2,1H3/t19-/m1/s1. The lowest BCUT2D eigenvalue weighted by Gasteiger charge is -2.27. The van der Waals surface area contributed by atoms with Crippen LogP contribution >= 0.6 is 0 Å². The fourth-order valence-corrected chi connectivity index (χ4v) is 3.29. The van der Waals surface area contributed by atoms with Crippen molar-refractivity contribution in [1.82, 2.24) is 14.9 Å². The minimum atomic E-state index is -0.870. The van der Waals surface area contributed by atoms with Gasteiger partial charge in [-0.3, -0.25) is 4.90 Å². The van der Waals surface area contributed by atoms with Crippen LogP contribution in [0.3, 0.4) is 0 Å². The van der Waals surface area contributed by atoms with Crippen LogP contribution in [-0.2, 0) is 18.6 Å². The predicted molar refractivity (Wildman–Crippen MR) is 90.8 cm³/mol. The van der Waals surface area contributed by atoms with Crippen molar-refractivity contribution in [2.45, 2.75) is 44.8 Å². The highest BCUT2D eigenvalue weighted by atomic mass is 19.1. The van der Waals surface area contributed by atoms with E-state index in [0.717, 1.165) is 49.4 Å². The van der Waals surface area contributed by atoms with Gasteiger partial charge in [0.1, 0.15) is 11.6 Å². The zero-order valence-corrected chi connectivity index (χ0v) is 14.1. The van der Waals surface area contributed by atoms with E-state index in [4.69, 9.17) is 0 Å². The van der Waals surface area contributed by atoms with Crippen LogP contribution in [0.15, 0.2) is 36.7 Å². The van der Waals surface area contributed by atoms with Gasteiger partial charge in [0.05, 0.1) is 5.60 Å². The fraction of sp³-hybridized carbons (Fsp3) is 0.474. The van der Waals surface area contributed by atoms with E-state index in [9.17, 15) is 9.50 Å². The molecule has 1 atom stereocenters. The third-order valence-electron chi connectivity index (χ3n) is 4.77. The summed E-state index contributed by atoms with van der Waals surface area (Å²) >= 11 is 0. The number of benzene rings is 1. The molecule has 0 spiro atoms. The van der Waals surface area contributed by atoms with Crippen LogP contribution in [0, 0.1) is 5.82 Å². The number of hydrogen-bond donors (Lipinski definition) is 1. The van der Waals surface area contributed by atoms with Gasteiger partial charge in [0, 0.05) is 37.5 Å². The second kappa shape index (κ2) is 7.36. The third-order valence-corrected chi connectivity index (χ3v) is 4.77. The van der Waals surface area contributed by atoms with Crippen molar-refractivity contribution in [3.63, 3.8) is 0 Å². The largest absolute Gasteiger partial charge is 0.385 e. The Morgan fingerprint density at radius 3 is 2.50 bits per heavy atom. The highest BCUT2D eigenvalue weighted by molar-refractivity contribution is 5.23. The molecule has 0 amide bonds. The van der Waals surface area contributed by atoms with Crippen LogP contribution < -0.4 is 0 Å². The van der Waals surface area contributed by atoms with Gasteiger partial charge in [-0.2, -0.15) is 0 Å². The van der Waals surface area contributed by atoms with E-state index in [0.29, 0.717) is 12.8 Å². The first-order chi connectivity index (χ1) is 11.6. The summed E-state index contributed by atoms with van der Waals surface area (Å²) < 4.78 is 13.1. The van der Waals surface area contributed by atoms with Gasteiger partial charge in [0.25, 0.3) is 0 Å². The van der Waals surface area contributed by atoms with Crippen molar-refractivity contribution < 1.29 is 9.50 Å². The lowest BCUT2D eigenvalue weighted by molar-refractivity contribution is 0.0209. The number of nitrogens with zero attached hydrogens (tertiary/aromatic N) is 3. The molecule has 1 aromatic heterocycles. The summed E-state index contributed by atoms with van der Waals surface area (Å²) in [4.78, 5) is 11.0. The summed E-state index contributed by atoms with van der Waals surface area (Å²) in [6.45, 7) is 4.56. The molecule has 1 aromatic carbocycles. The molecule has 0 saturated carbocycles. The minimum Gasteiger partial charge on any atom is -0.385 e. The molecule has 3 rings (SSSR count). The summed E-state index contributed by atoms with van der Waals surface area (Å²) in [7, 11) is 0. The van der Waals surface area contributed by atoms with Gasteiger partial charge >= 0.3 is 0 Å². The molecule has 128 valence electrons. The molecule has 2 aromatic rings. The molecule has 24 heavy (non-hydrogen) atoms. The van der Waals surface area contributed by atoms with Gasteiger partial charge in [-0.05, 0) is 43.5 Å². The SMILES string of the molecule is CCc1ncc(CN2CCC[C@](O)(c3ccc(F)cc3)CC2)cn1. The van der Waals surface area contributed by atoms with Crippen LogP contribution in [0.5, 0.6) is 0 Å². The number of halogens is 1. The van der Waals surface area contributed by atoms with Crippen molar-refractivity contribution in [2.24, 2.45) is 0 Å². The first-order valence-corrected chi connectivity index (χ1v) is 8.59. The molecule has 2 heterocycles. The minimum absolute atomic E-state index is 0.270. The third kappa shape index (κ3) is 3.97. The van der Waals surface area contributed by atoms with E-state index in [1.54, 1.807) is 12.1 Å². The Hall–Kier alpha value is -1.85. The van der Waals surface area contributed by atoms with Crippen LogP contribution in [0.25, 0.3) is 0 Å². The number of likely N-dealkylation sites (tertiary alicyclic amines) is 1. The number of rotatable bonds is 4. The van der Waals surface area contributed by atoms with Crippen molar-refractivity contribution in [3.8, 4) is 0 Å². The van der Waals surface area contributed by atoms with E-state index in [2.05, 4.69) is 14.9 Å². The van der Waals surface area contributed by atoms with Crippen molar-refractivity contribution >= 4 is 0 Å². The van der Waals surface area contributed by atoms with Gasteiger partial charge in [-0.1, -0.05) is 19.1 Å². The van der Waals surface area contributed by atoms with E-state index >= 15 is 0 Å². The molecule has 1 aliphatic rings. The van der Waals surface area contributed by atoms with Crippen LogP contribution in [-0.4, -0.2) is 33.1 Å². The Labute approximate surface area is 142 Å². The summed E-state index contributed by atoms with van der Waals surface area (Å²) in [5.41, 5.74) is 1.03. The molecule has 0 bridgehead atoms. The van der Waals surface area contributed by atoms with Crippen molar-refractivity contribution in [1.29, 1.82) is 0 Å². The quantitative estimate of drug-likeness (QED) is 0.937. The lowest BCUT2D eigenvalue weighted by Crippen LogP contribution is -2.29. The molecular weight excluding hydrogens is 305 g/mol. The van der Waals surface area contributed by atoms with E-state index < -0.39 is 5.60 Å². The molecule has 5 heteroatoms. The first kappa shape index (κ1) is 17.0. The fourth-order valence-electron chi connectivity index (χ4n) is 3.29. The smallest absolute Gasteiger partial charge is 0.127 e. The Kier molecular flexibility index (Phi) is 5.21. The maximum atomic E-state index is 13.1. The molecule has 0 unspecified atom stereocenters. The summed E-state index contributed by atoms with van der Waals surface area (Å²) in [5.74, 6) is 0.591. The predicted octanol–water partition coefficient (Wildman–Crippen LogP) is 3.05. The average Bonchev–Trinajstić information content (AvgIpc) is 2.79. The molecule has 1 fully saturated rings. The van der Waals surface area contributed by atoms with Crippen molar-refractivity contribution in [3.05, 3.63) is 59.4 Å². The number of aliphatic hydroxyl groups is 1. The lowest BCUT2D eigenvalue weighted by atomic mass is 9.87. The van der Waals surface area contributed by atoms with Gasteiger partial charge in [0.2, 0.25) is 0 Å².